The van der Waals surface area contributed by atoms with Crippen molar-refractivity contribution >= 4 is 28.8 Å². The molecule has 6 nitrogen and oxygen atoms in total. The highest BCUT2D eigenvalue weighted by Crippen LogP contribution is 2.38. The van der Waals surface area contributed by atoms with Crippen LogP contribution in [0.15, 0.2) is 66.4 Å². The van der Waals surface area contributed by atoms with Gasteiger partial charge in [-0.25, -0.2) is 4.90 Å². The Bertz CT molecular complexity index is 1280. The fraction of sp³-hybridized carbons (Fsp3) is 0.185. The molecule has 0 unspecified atom stereocenters. The van der Waals surface area contributed by atoms with Gasteiger partial charge in [-0.05, 0) is 79.4 Å². The third-order valence-electron chi connectivity index (χ3n) is 5.81. The Balaban J connectivity index is 1.85. The molecular weight excluding hydrogens is 416 g/mol. The van der Waals surface area contributed by atoms with Crippen molar-refractivity contribution < 1.29 is 19.1 Å². The number of aryl methyl sites for hydroxylation is 3. The summed E-state index contributed by atoms with van der Waals surface area (Å²) in [7, 11) is 3.10. The number of benzene rings is 3. The van der Waals surface area contributed by atoms with E-state index in [2.05, 4.69) is 5.32 Å². The van der Waals surface area contributed by atoms with Crippen molar-refractivity contribution in [2.45, 2.75) is 20.8 Å². The van der Waals surface area contributed by atoms with E-state index in [1.54, 1.807) is 43.5 Å². The van der Waals surface area contributed by atoms with Crippen molar-refractivity contribution in [3.05, 3.63) is 88.6 Å². The topological polar surface area (TPSA) is 67.9 Å². The zero-order valence-corrected chi connectivity index (χ0v) is 19.4. The number of ether oxygens (including phenoxy) is 2. The number of imide groups is 1. The Morgan fingerprint density at radius 1 is 0.758 bits per heavy atom. The number of amides is 2. The van der Waals surface area contributed by atoms with E-state index in [0.717, 1.165) is 22.4 Å². The van der Waals surface area contributed by atoms with Gasteiger partial charge in [-0.2, -0.15) is 0 Å². The molecule has 1 aliphatic rings. The number of nitrogens with one attached hydrogen (secondary N) is 1. The maximum absolute atomic E-state index is 13.7. The molecule has 4 rings (SSSR count). The van der Waals surface area contributed by atoms with Gasteiger partial charge in [0.1, 0.15) is 17.2 Å². The van der Waals surface area contributed by atoms with Crippen molar-refractivity contribution in [1.82, 2.24) is 0 Å². The molecule has 0 atom stereocenters. The lowest BCUT2D eigenvalue weighted by atomic mass is 10.0. The normalized spacial score (nSPS) is 13.5. The van der Waals surface area contributed by atoms with Crippen molar-refractivity contribution in [2.75, 3.05) is 24.4 Å². The molecule has 0 fully saturated rings. The number of nitrogens with zero attached hydrogens (tertiary/aromatic N) is 1. The minimum absolute atomic E-state index is 0.219. The number of anilines is 2. The van der Waals surface area contributed by atoms with Crippen LogP contribution in [0.1, 0.15) is 22.3 Å². The van der Waals surface area contributed by atoms with Gasteiger partial charge < -0.3 is 14.8 Å². The number of carbonyl (C=O) groups excluding carboxylic acids is 2. The van der Waals surface area contributed by atoms with Gasteiger partial charge in [-0.1, -0.05) is 24.3 Å². The quantitative estimate of drug-likeness (QED) is 0.543. The summed E-state index contributed by atoms with van der Waals surface area (Å²) in [6.07, 6.45) is 0. The highest BCUT2D eigenvalue weighted by atomic mass is 16.5. The maximum atomic E-state index is 13.7. The molecule has 2 amide bonds. The summed E-state index contributed by atoms with van der Waals surface area (Å²) in [5.41, 5.74) is 5.42. The molecule has 0 spiro atoms. The van der Waals surface area contributed by atoms with E-state index in [1.807, 2.05) is 45.0 Å². The predicted molar refractivity (Wildman–Crippen MR) is 130 cm³/mol. The molecule has 6 heteroatoms. The van der Waals surface area contributed by atoms with Crippen LogP contribution in [0.4, 0.5) is 11.4 Å². The van der Waals surface area contributed by atoms with Crippen LogP contribution in [-0.2, 0) is 9.59 Å². The first-order valence-corrected chi connectivity index (χ1v) is 10.6. The van der Waals surface area contributed by atoms with E-state index in [1.165, 1.54) is 12.0 Å². The van der Waals surface area contributed by atoms with Crippen molar-refractivity contribution in [3.63, 3.8) is 0 Å². The van der Waals surface area contributed by atoms with Crippen LogP contribution in [-0.4, -0.2) is 26.0 Å². The van der Waals surface area contributed by atoms with Crippen LogP contribution in [0.5, 0.6) is 11.5 Å². The van der Waals surface area contributed by atoms with Crippen LogP contribution in [0.3, 0.4) is 0 Å². The van der Waals surface area contributed by atoms with Crippen LogP contribution >= 0.6 is 0 Å². The molecule has 0 bridgehead atoms. The molecule has 3 aromatic rings. The van der Waals surface area contributed by atoms with Crippen molar-refractivity contribution in [1.29, 1.82) is 0 Å². The summed E-state index contributed by atoms with van der Waals surface area (Å²) in [5.74, 6) is 0.258. The first-order valence-electron chi connectivity index (χ1n) is 10.6. The molecule has 0 radical (unpaired) electrons. The average molecular weight is 443 g/mol. The van der Waals surface area contributed by atoms with Crippen LogP contribution in [0.2, 0.25) is 0 Å². The second kappa shape index (κ2) is 8.82. The minimum Gasteiger partial charge on any atom is -0.497 e. The molecule has 3 aromatic carbocycles. The third-order valence-corrected chi connectivity index (χ3v) is 5.81. The van der Waals surface area contributed by atoms with Gasteiger partial charge in [0.25, 0.3) is 11.8 Å². The summed E-state index contributed by atoms with van der Waals surface area (Å²) in [6.45, 7) is 5.93. The molecule has 0 aromatic heterocycles. The second-order valence-electron chi connectivity index (χ2n) is 8.02. The van der Waals surface area contributed by atoms with Crippen LogP contribution in [0.25, 0.3) is 5.57 Å². The van der Waals surface area contributed by atoms with E-state index < -0.39 is 11.8 Å². The first-order chi connectivity index (χ1) is 15.8. The predicted octanol–water partition coefficient (Wildman–Crippen LogP) is 5.03. The molecular formula is C27H26N2O4. The number of carbonyl (C=O) groups is 2. The molecule has 0 aliphatic carbocycles. The van der Waals surface area contributed by atoms with E-state index >= 15 is 0 Å². The summed E-state index contributed by atoms with van der Waals surface area (Å²) >= 11 is 0. The Morgan fingerprint density at radius 3 is 2.12 bits per heavy atom. The summed E-state index contributed by atoms with van der Waals surface area (Å²) in [6, 6.07) is 18.3. The van der Waals surface area contributed by atoms with E-state index in [0.29, 0.717) is 28.3 Å². The highest BCUT2D eigenvalue weighted by molar-refractivity contribution is 6.46. The molecule has 0 saturated carbocycles. The third kappa shape index (κ3) is 4.07. The zero-order valence-electron chi connectivity index (χ0n) is 19.4. The molecule has 1 aliphatic heterocycles. The molecule has 168 valence electrons. The van der Waals surface area contributed by atoms with Gasteiger partial charge in [0.15, 0.2) is 0 Å². The summed E-state index contributed by atoms with van der Waals surface area (Å²) in [5, 5.41) is 3.21. The molecule has 0 saturated heterocycles. The molecule has 33 heavy (non-hydrogen) atoms. The summed E-state index contributed by atoms with van der Waals surface area (Å²) in [4.78, 5) is 28.5. The van der Waals surface area contributed by atoms with E-state index in [4.69, 9.17) is 9.47 Å². The number of methoxy groups -OCH3 is 2. The standard InChI is InChI=1S/C27H26N2O4/c1-16-6-13-23(33-5)22(14-16)29-26(30)24(19-8-11-21(32-4)12-9-19)25(27(29)31)28-20-10-7-17(2)18(3)15-20/h6-15,28H,1-5H3. The molecule has 1 heterocycles. The van der Waals surface area contributed by atoms with E-state index in [-0.39, 0.29) is 5.70 Å². The minimum atomic E-state index is -0.437. The lowest BCUT2D eigenvalue weighted by Gasteiger charge is -2.19. The van der Waals surface area contributed by atoms with Crippen LogP contribution < -0.4 is 19.7 Å². The smallest absolute Gasteiger partial charge is 0.282 e. The fourth-order valence-corrected chi connectivity index (χ4v) is 3.83. The lowest BCUT2D eigenvalue weighted by Crippen LogP contribution is -2.32. The van der Waals surface area contributed by atoms with Gasteiger partial charge in [-0.3, -0.25) is 9.59 Å². The van der Waals surface area contributed by atoms with Crippen molar-refractivity contribution in [2.24, 2.45) is 0 Å². The van der Waals surface area contributed by atoms with Gasteiger partial charge >= 0.3 is 0 Å². The van der Waals surface area contributed by atoms with Gasteiger partial charge in [0, 0.05) is 5.69 Å². The Labute approximate surface area is 193 Å². The number of rotatable bonds is 6. The van der Waals surface area contributed by atoms with Crippen LogP contribution in [0, 0.1) is 20.8 Å². The molecule has 1 N–H and O–H groups in total. The summed E-state index contributed by atoms with van der Waals surface area (Å²) < 4.78 is 10.7. The lowest BCUT2D eigenvalue weighted by molar-refractivity contribution is -0.120. The Kier molecular flexibility index (Phi) is 5.92. The monoisotopic (exact) mass is 442 g/mol. The van der Waals surface area contributed by atoms with Gasteiger partial charge in [-0.15, -0.1) is 0 Å². The zero-order chi connectivity index (χ0) is 23.7. The van der Waals surface area contributed by atoms with E-state index in [9.17, 15) is 9.59 Å². The average Bonchev–Trinajstić information content (AvgIpc) is 3.05. The Hall–Kier alpha value is -4.06. The van der Waals surface area contributed by atoms with Gasteiger partial charge in [0.2, 0.25) is 0 Å². The second-order valence-corrected chi connectivity index (χ2v) is 8.02. The number of hydrogen-bond acceptors (Lipinski definition) is 5. The van der Waals surface area contributed by atoms with Crippen molar-refractivity contribution in [3.8, 4) is 11.5 Å². The maximum Gasteiger partial charge on any atom is 0.282 e. The van der Waals surface area contributed by atoms with Gasteiger partial charge in [0.05, 0.1) is 25.5 Å². The number of hydrogen-bond donors (Lipinski definition) is 1. The Morgan fingerprint density at radius 2 is 1.48 bits per heavy atom. The highest BCUT2D eigenvalue weighted by Gasteiger charge is 2.41. The SMILES string of the molecule is COc1ccc(C2=C(Nc3ccc(C)c(C)c3)C(=O)N(c3cc(C)ccc3OC)C2=O)cc1. The fourth-order valence-electron chi connectivity index (χ4n) is 3.83. The largest absolute Gasteiger partial charge is 0.497 e. The first kappa shape index (κ1) is 22.1.